The Morgan fingerprint density at radius 1 is 0.974 bits per heavy atom. The molecule has 2 aromatic carbocycles. The van der Waals surface area contributed by atoms with Gasteiger partial charge in [0, 0.05) is 29.0 Å². The number of aromatic nitrogens is 5. The van der Waals surface area contributed by atoms with E-state index in [2.05, 4.69) is 32.4 Å². The lowest BCUT2D eigenvalue weighted by Crippen LogP contribution is -2.52. The van der Waals surface area contributed by atoms with Crippen LogP contribution in [0.3, 0.4) is 0 Å². The zero-order chi connectivity index (χ0) is 27.3. The second-order valence-electron chi connectivity index (χ2n) is 7.90. The van der Waals surface area contributed by atoms with Crippen LogP contribution in [0.4, 0.5) is 22.0 Å². The molecule has 0 fully saturated rings. The quantitative estimate of drug-likeness (QED) is 0.208. The molecule has 0 spiro atoms. The summed E-state index contributed by atoms with van der Waals surface area (Å²) >= 11 is 0. The van der Waals surface area contributed by atoms with Gasteiger partial charge in [-0.1, -0.05) is 11.8 Å². The van der Waals surface area contributed by atoms with Gasteiger partial charge in [0.15, 0.2) is 0 Å². The summed E-state index contributed by atoms with van der Waals surface area (Å²) in [5.74, 6) is -2.98. The first kappa shape index (κ1) is 29.2. The smallest absolute Gasteiger partial charge is 0.334 e. The van der Waals surface area contributed by atoms with E-state index in [1.165, 1.54) is 30.3 Å². The van der Waals surface area contributed by atoms with Crippen molar-refractivity contribution in [2.75, 3.05) is 6.54 Å². The number of ether oxygens (including phenoxy) is 1. The summed E-state index contributed by atoms with van der Waals surface area (Å²) in [6.45, 7) is -1.79. The van der Waals surface area contributed by atoms with Crippen LogP contribution in [0.15, 0.2) is 67.1 Å². The molecular weight excluding hydrogens is 547 g/mol. The Bertz CT molecular complexity index is 1490. The second kappa shape index (κ2) is 12.0. The summed E-state index contributed by atoms with van der Waals surface area (Å²) < 4.78 is 80.4. The number of rotatable bonds is 7. The minimum atomic E-state index is -4.23. The summed E-state index contributed by atoms with van der Waals surface area (Å²) in [6.07, 6.45) is 1.98. The van der Waals surface area contributed by atoms with Crippen molar-refractivity contribution in [3.8, 4) is 11.8 Å². The van der Waals surface area contributed by atoms with E-state index < -0.39 is 59.3 Å². The zero-order valence-electron chi connectivity index (χ0n) is 19.7. The third kappa shape index (κ3) is 6.19. The average Bonchev–Trinajstić information content (AvgIpc) is 3.41. The van der Waals surface area contributed by atoms with Gasteiger partial charge in [-0.15, -0.1) is 17.5 Å². The Labute approximate surface area is 224 Å². The van der Waals surface area contributed by atoms with Crippen molar-refractivity contribution in [2.24, 2.45) is 5.73 Å². The largest absolute Gasteiger partial charge is 0.444 e. The Hall–Kier alpha value is -4.41. The molecule has 0 bridgehead atoms. The molecule has 4 aromatic rings. The molecule has 1 atom stereocenters. The number of carbonyl (C=O) groups excluding carboxylic acids is 1. The monoisotopic (exact) mass is 564 g/mol. The maximum Gasteiger partial charge on any atom is 0.334 e. The van der Waals surface area contributed by atoms with Gasteiger partial charge in [0.05, 0.1) is 13.1 Å². The Kier molecular flexibility index (Phi) is 8.95. The van der Waals surface area contributed by atoms with Crippen molar-refractivity contribution in [3.63, 3.8) is 0 Å². The van der Waals surface area contributed by atoms with E-state index in [0.717, 1.165) is 35.4 Å². The number of esters is 1. The van der Waals surface area contributed by atoms with Crippen molar-refractivity contribution in [1.82, 2.24) is 25.2 Å². The summed E-state index contributed by atoms with van der Waals surface area (Å²) in [5, 5.41) is 10.3. The van der Waals surface area contributed by atoms with Crippen molar-refractivity contribution in [2.45, 2.75) is 18.1 Å². The van der Waals surface area contributed by atoms with E-state index in [9.17, 15) is 13.6 Å². The van der Waals surface area contributed by atoms with Gasteiger partial charge in [0.1, 0.15) is 29.5 Å². The van der Waals surface area contributed by atoms with Crippen LogP contribution < -0.4 is 5.73 Å². The van der Waals surface area contributed by atoms with Crippen LogP contribution >= 0.6 is 12.4 Å². The molecule has 2 heterocycles. The molecule has 4 rings (SSSR count). The number of hydrogen-bond donors (Lipinski definition) is 1. The van der Waals surface area contributed by atoms with Crippen LogP contribution in [0.25, 0.3) is 0 Å². The number of carbonyl (C=O) groups is 1. The van der Waals surface area contributed by atoms with E-state index in [1.54, 1.807) is 0 Å². The summed E-state index contributed by atoms with van der Waals surface area (Å²) in [4.78, 5) is 16.1. The number of hydrogen-bond acceptors (Lipinski definition) is 7. The van der Waals surface area contributed by atoms with Gasteiger partial charge in [-0.05, 0) is 59.0 Å². The molecule has 14 heteroatoms. The normalized spacial score (nSPS) is 12.5. The van der Waals surface area contributed by atoms with Crippen LogP contribution in [0, 0.1) is 29.3 Å². The minimum Gasteiger partial charge on any atom is -0.444 e. The molecule has 39 heavy (non-hydrogen) atoms. The molecule has 0 saturated carbocycles. The van der Waals surface area contributed by atoms with Crippen LogP contribution in [0.2, 0.25) is 0 Å². The van der Waals surface area contributed by atoms with Crippen molar-refractivity contribution in [1.29, 1.82) is 0 Å². The van der Waals surface area contributed by atoms with Gasteiger partial charge < -0.3 is 10.5 Å². The van der Waals surface area contributed by atoms with E-state index in [-0.39, 0.29) is 18.0 Å². The summed E-state index contributed by atoms with van der Waals surface area (Å²) in [7, 11) is 0. The van der Waals surface area contributed by atoms with Gasteiger partial charge in [-0.25, -0.2) is 17.9 Å². The highest BCUT2D eigenvalue weighted by Gasteiger charge is 2.62. The predicted molar refractivity (Wildman–Crippen MR) is 129 cm³/mol. The summed E-state index contributed by atoms with van der Waals surface area (Å²) in [6, 6.07) is 9.29. The topological polar surface area (TPSA) is 109 Å². The SMILES string of the molecule is Cl.NCC(=O)OC(Cn1cnnn1)(c1ccc(F)cc1F)C(F)(F)c1ccc(C#Cc2ccc(F)cc2)cn1. The van der Waals surface area contributed by atoms with Gasteiger partial charge >= 0.3 is 11.9 Å². The van der Waals surface area contributed by atoms with Crippen LogP contribution in [-0.4, -0.2) is 37.7 Å². The highest BCUT2D eigenvalue weighted by atomic mass is 35.5. The van der Waals surface area contributed by atoms with E-state index in [1.807, 2.05) is 0 Å². The lowest BCUT2D eigenvalue weighted by atomic mass is 9.84. The highest BCUT2D eigenvalue weighted by molar-refractivity contribution is 5.85. The molecule has 8 nitrogen and oxygen atoms in total. The fraction of sp³-hybridized carbons (Fsp3) is 0.160. The molecule has 0 radical (unpaired) electrons. The average molecular weight is 565 g/mol. The lowest BCUT2D eigenvalue weighted by molar-refractivity contribution is -0.231. The molecule has 0 aliphatic rings. The molecule has 0 amide bonds. The van der Waals surface area contributed by atoms with Crippen LogP contribution in [-0.2, 0) is 27.6 Å². The Balaban J connectivity index is 0.00000420. The van der Waals surface area contributed by atoms with Crippen molar-refractivity contribution in [3.05, 3.63) is 107 Å². The van der Waals surface area contributed by atoms with Gasteiger partial charge in [0.25, 0.3) is 0 Å². The maximum atomic E-state index is 16.4. The highest BCUT2D eigenvalue weighted by Crippen LogP contribution is 2.49. The van der Waals surface area contributed by atoms with Gasteiger partial charge in [0.2, 0.25) is 5.60 Å². The number of pyridine rings is 1. The predicted octanol–water partition coefficient (Wildman–Crippen LogP) is 3.50. The third-order valence-corrected chi connectivity index (χ3v) is 5.38. The molecule has 2 N–H and O–H groups in total. The molecule has 0 aliphatic heterocycles. The lowest BCUT2D eigenvalue weighted by Gasteiger charge is -2.39. The second-order valence-corrected chi connectivity index (χ2v) is 7.90. The maximum absolute atomic E-state index is 16.4. The number of nitrogens with two attached hydrogens (primary N) is 1. The molecule has 0 saturated heterocycles. The Morgan fingerprint density at radius 3 is 2.23 bits per heavy atom. The van der Waals surface area contributed by atoms with Gasteiger partial charge in [-0.2, -0.15) is 8.78 Å². The first-order valence-corrected chi connectivity index (χ1v) is 10.8. The fourth-order valence-corrected chi connectivity index (χ4v) is 3.58. The number of halogens is 6. The van der Waals surface area contributed by atoms with E-state index in [4.69, 9.17) is 10.5 Å². The third-order valence-electron chi connectivity index (χ3n) is 5.38. The molecular formula is C25H18ClF5N6O2. The molecule has 202 valence electrons. The Morgan fingerprint density at radius 2 is 1.64 bits per heavy atom. The number of benzene rings is 2. The molecule has 1 unspecified atom stereocenters. The minimum absolute atomic E-state index is 0. The van der Waals surface area contributed by atoms with Crippen molar-refractivity contribution < 1.29 is 31.5 Å². The van der Waals surface area contributed by atoms with Crippen molar-refractivity contribution >= 4 is 18.4 Å². The van der Waals surface area contributed by atoms with Crippen LogP contribution in [0.1, 0.15) is 22.4 Å². The zero-order valence-corrected chi connectivity index (χ0v) is 20.5. The fourth-order valence-electron chi connectivity index (χ4n) is 3.58. The number of alkyl halides is 2. The first-order chi connectivity index (χ1) is 18.1. The van der Waals surface area contributed by atoms with Crippen LogP contribution in [0.5, 0.6) is 0 Å². The van der Waals surface area contributed by atoms with Gasteiger partial charge in [-0.3, -0.25) is 9.78 Å². The van der Waals surface area contributed by atoms with E-state index >= 15 is 13.2 Å². The summed E-state index contributed by atoms with van der Waals surface area (Å²) in [5.41, 5.74) is 1.10. The number of nitrogens with zero attached hydrogens (tertiary/aromatic N) is 5. The van der Waals surface area contributed by atoms with E-state index in [0.29, 0.717) is 11.6 Å². The standard InChI is InChI=1S/C25H17F5N6O2.ClH/c26-18-6-3-16(4-7-18)1-2-17-5-10-22(32-13-17)25(29,30)24(38-23(37)12-31,14-36-15-33-34-35-36)20-9-8-19(27)11-21(20)28;/h3-11,13,15H,12,14,31H2;1H. The molecule has 0 aliphatic carbocycles. The first-order valence-electron chi connectivity index (χ1n) is 10.8. The number of tetrazole rings is 1. The molecule has 2 aromatic heterocycles.